The fourth-order valence-corrected chi connectivity index (χ4v) is 1.18. The second kappa shape index (κ2) is 2.22. The second-order valence-electron chi connectivity index (χ2n) is 3.00. The predicted molar refractivity (Wildman–Crippen MR) is 35.9 cm³/mol. The predicted octanol–water partition coefficient (Wildman–Crippen LogP) is 0.270. The van der Waals surface area contributed by atoms with Crippen LogP contribution in [0.15, 0.2) is 0 Å². The molecule has 11 heavy (non-hydrogen) atoms. The van der Waals surface area contributed by atoms with Crippen LogP contribution < -0.4 is 0 Å². The van der Waals surface area contributed by atoms with Gasteiger partial charge in [0.1, 0.15) is 0 Å². The Kier molecular flexibility index (Phi) is 1.62. The van der Waals surface area contributed by atoms with Gasteiger partial charge >= 0.3 is 11.9 Å². The van der Waals surface area contributed by atoms with E-state index >= 15 is 0 Å². The van der Waals surface area contributed by atoms with Crippen LogP contribution in [0.1, 0.15) is 13.3 Å². The molecule has 0 spiro atoms. The maximum atomic E-state index is 10.9. The third kappa shape index (κ3) is 1.08. The van der Waals surface area contributed by atoms with Gasteiger partial charge in [-0.1, -0.05) is 0 Å². The van der Waals surface area contributed by atoms with Crippen molar-refractivity contribution in [3.8, 4) is 0 Å². The lowest BCUT2D eigenvalue weighted by Gasteiger charge is -2.04. The molecule has 4 heteroatoms. The Morgan fingerprint density at radius 3 is 2.45 bits per heavy atom. The maximum Gasteiger partial charge on any atom is 0.312 e. The summed E-state index contributed by atoms with van der Waals surface area (Å²) in [5.74, 6) is -1.89. The van der Waals surface area contributed by atoms with Gasteiger partial charge in [-0.25, -0.2) is 0 Å². The van der Waals surface area contributed by atoms with Gasteiger partial charge in [-0.2, -0.15) is 0 Å². The van der Waals surface area contributed by atoms with Crippen LogP contribution in [0, 0.1) is 11.3 Å². The number of carboxylic acids is 1. The normalized spacial score (nSPS) is 34.5. The van der Waals surface area contributed by atoms with Crippen LogP contribution in [0.5, 0.6) is 0 Å². The molecule has 0 radical (unpaired) electrons. The number of methoxy groups -OCH3 is 1. The summed E-state index contributed by atoms with van der Waals surface area (Å²) in [6, 6.07) is 0. The van der Waals surface area contributed by atoms with E-state index in [-0.39, 0.29) is 0 Å². The Morgan fingerprint density at radius 2 is 2.18 bits per heavy atom. The zero-order chi connectivity index (χ0) is 8.65. The number of hydrogen-bond donors (Lipinski definition) is 1. The fraction of sp³-hybridized carbons (Fsp3) is 0.714. The molecule has 1 N–H and O–H groups in total. The number of aliphatic carboxylic acids is 1. The first-order chi connectivity index (χ1) is 5.02. The number of rotatable bonds is 2. The molecule has 0 aromatic rings. The molecule has 0 aromatic heterocycles. The summed E-state index contributed by atoms with van der Waals surface area (Å²) in [5.41, 5.74) is -0.763. The van der Waals surface area contributed by atoms with Gasteiger partial charge < -0.3 is 9.84 Å². The molecule has 0 aromatic carbocycles. The van der Waals surface area contributed by atoms with E-state index in [9.17, 15) is 9.59 Å². The summed E-state index contributed by atoms with van der Waals surface area (Å²) in [6.45, 7) is 1.61. The zero-order valence-electron chi connectivity index (χ0n) is 6.46. The largest absolute Gasteiger partial charge is 0.481 e. The monoisotopic (exact) mass is 158 g/mol. The van der Waals surface area contributed by atoms with Crippen LogP contribution in [-0.4, -0.2) is 24.2 Å². The fourth-order valence-electron chi connectivity index (χ4n) is 1.18. The van der Waals surface area contributed by atoms with Gasteiger partial charge in [0.25, 0.3) is 0 Å². The average Bonchev–Trinajstić information content (AvgIpc) is 2.62. The average molecular weight is 158 g/mol. The Hall–Kier alpha value is -1.06. The number of ether oxygens (including phenoxy) is 1. The summed E-state index contributed by atoms with van der Waals surface area (Å²) < 4.78 is 4.46. The Morgan fingerprint density at radius 1 is 1.64 bits per heavy atom. The highest BCUT2D eigenvalue weighted by atomic mass is 16.5. The van der Waals surface area contributed by atoms with Gasteiger partial charge in [0.05, 0.1) is 18.4 Å². The van der Waals surface area contributed by atoms with E-state index in [1.807, 2.05) is 0 Å². The topological polar surface area (TPSA) is 63.6 Å². The Balaban J connectivity index is 2.62. The number of carbonyl (C=O) groups is 2. The van der Waals surface area contributed by atoms with Crippen molar-refractivity contribution in [2.75, 3.05) is 7.11 Å². The molecule has 4 nitrogen and oxygen atoms in total. The quantitative estimate of drug-likeness (QED) is 0.586. The summed E-state index contributed by atoms with van der Waals surface area (Å²) >= 11 is 0. The first-order valence-electron chi connectivity index (χ1n) is 3.33. The minimum absolute atomic E-state index is 0.398. The van der Waals surface area contributed by atoms with Crippen molar-refractivity contribution in [1.29, 1.82) is 0 Å². The number of hydrogen-bond acceptors (Lipinski definition) is 3. The first kappa shape index (κ1) is 8.04. The molecule has 1 aliphatic carbocycles. The van der Waals surface area contributed by atoms with Gasteiger partial charge in [-0.3, -0.25) is 9.59 Å². The second-order valence-corrected chi connectivity index (χ2v) is 3.00. The van der Waals surface area contributed by atoms with Gasteiger partial charge in [0.15, 0.2) is 0 Å². The van der Waals surface area contributed by atoms with Crippen molar-refractivity contribution in [3.63, 3.8) is 0 Å². The molecule has 0 heterocycles. The van der Waals surface area contributed by atoms with Crippen molar-refractivity contribution >= 4 is 11.9 Å². The van der Waals surface area contributed by atoms with Crippen LogP contribution in [0.25, 0.3) is 0 Å². The van der Waals surface area contributed by atoms with Gasteiger partial charge in [0.2, 0.25) is 0 Å². The van der Waals surface area contributed by atoms with Crippen molar-refractivity contribution in [2.45, 2.75) is 13.3 Å². The molecular weight excluding hydrogens is 148 g/mol. The van der Waals surface area contributed by atoms with E-state index in [4.69, 9.17) is 5.11 Å². The van der Waals surface area contributed by atoms with Crippen molar-refractivity contribution in [1.82, 2.24) is 0 Å². The molecule has 0 saturated heterocycles. The van der Waals surface area contributed by atoms with E-state index in [1.54, 1.807) is 6.92 Å². The highest BCUT2D eigenvalue weighted by molar-refractivity contribution is 5.89. The summed E-state index contributed by atoms with van der Waals surface area (Å²) in [5, 5.41) is 8.53. The van der Waals surface area contributed by atoms with Crippen molar-refractivity contribution in [3.05, 3.63) is 0 Å². The van der Waals surface area contributed by atoms with Gasteiger partial charge in [0, 0.05) is 0 Å². The first-order valence-corrected chi connectivity index (χ1v) is 3.33. The Bertz CT molecular complexity index is 210. The molecular formula is C7H10O4. The lowest BCUT2D eigenvalue weighted by molar-refractivity contribution is -0.150. The summed E-state index contributed by atoms with van der Waals surface area (Å²) in [6.07, 6.45) is 0.398. The minimum atomic E-state index is -0.919. The summed E-state index contributed by atoms with van der Waals surface area (Å²) in [7, 11) is 1.27. The van der Waals surface area contributed by atoms with E-state index in [1.165, 1.54) is 7.11 Å². The number of carboxylic acid groups (broad SMARTS) is 1. The Labute approximate surface area is 64.2 Å². The lowest BCUT2D eigenvalue weighted by atomic mass is 10.1. The maximum absolute atomic E-state index is 10.9. The molecule has 1 rings (SSSR count). The molecule has 0 amide bonds. The smallest absolute Gasteiger partial charge is 0.312 e. The van der Waals surface area contributed by atoms with E-state index < -0.39 is 23.3 Å². The molecule has 1 fully saturated rings. The van der Waals surface area contributed by atoms with Crippen LogP contribution in [0.2, 0.25) is 0 Å². The standard InChI is InChI=1S/C7H10O4/c1-7(6(10)11-2)3-4(7)5(8)9/h4H,3H2,1-2H3,(H,8,9)/t4-,7+/m1/s1. The van der Waals surface area contributed by atoms with Gasteiger partial charge in [-0.05, 0) is 13.3 Å². The summed E-state index contributed by atoms with van der Waals surface area (Å²) in [4.78, 5) is 21.3. The van der Waals surface area contributed by atoms with Crippen molar-refractivity contribution < 1.29 is 19.4 Å². The van der Waals surface area contributed by atoms with Gasteiger partial charge in [-0.15, -0.1) is 0 Å². The molecule has 62 valence electrons. The highest BCUT2D eigenvalue weighted by Gasteiger charge is 2.61. The molecule has 1 saturated carbocycles. The molecule has 0 unspecified atom stereocenters. The number of carbonyl (C=O) groups excluding carboxylic acids is 1. The molecule has 0 aliphatic heterocycles. The van der Waals surface area contributed by atoms with Crippen LogP contribution in [0.3, 0.4) is 0 Å². The van der Waals surface area contributed by atoms with E-state index in [2.05, 4.69) is 4.74 Å². The van der Waals surface area contributed by atoms with Crippen molar-refractivity contribution in [2.24, 2.45) is 11.3 Å². The van der Waals surface area contributed by atoms with E-state index in [0.29, 0.717) is 6.42 Å². The lowest BCUT2D eigenvalue weighted by Crippen LogP contribution is -2.19. The third-order valence-electron chi connectivity index (χ3n) is 2.19. The zero-order valence-corrected chi connectivity index (χ0v) is 6.46. The molecule has 0 bridgehead atoms. The number of esters is 1. The van der Waals surface area contributed by atoms with Crippen LogP contribution in [0.4, 0.5) is 0 Å². The minimum Gasteiger partial charge on any atom is -0.481 e. The van der Waals surface area contributed by atoms with Crippen LogP contribution in [-0.2, 0) is 14.3 Å². The third-order valence-corrected chi connectivity index (χ3v) is 2.19. The van der Waals surface area contributed by atoms with E-state index in [0.717, 1.165) is 0 Å². The SMILES string of the molecule is COC(=O)[C@@]1(C)C[C@@H]1C(=O)O. The highest BCUT2D eigenvalue weighted by Crippen LogP contribution is 2.52. The van der Waals surface area contributed by atoms with Crippen LogP contribution >= 0.6 is 0 Å². The molecule has 1 aliphatic rings. The molecule has 2 atom stereocenters.